The Morgan fingerprint density at radius 2 is 2.30 bits per heavy atom. The Balaban J connectivity index is 2.03. The fraction of sp³-hybridized carbons (Fsp3) is 0.688. The van der Waals surface area contributed by atoms with Crippen LogP contribution in [-0.2, 0) is 4.79 Å². The Bertz CT molecular complexity index is 390. The minimum atomic E-state index is -0.618. The molecular weight excluding hydrogens is 252 g/mol. The highest BCUT2D eigenvalue weighted by Gasteiger charge is 2.31. The minimum absolute atomic E-state index is 0.0570. The fourth-order valence-electron chi connectivity index (χ4n) is 2.95. The van der Waals surface area contributed by atoms with Crippen LogP contribution in [-0.4, -0.2) is 29.3 Å². The van der Waals surface area contributed by atoms with Crippen molar-refractivity contribution in [2.45, 2.75) is 70.2 Å². The van der Waals surface area contributed by atoms with Crippen LogP contribution in [0.1, 0.15) is 51.9 Å². The van der Waals surface area contributed by atoms with E-state index in [-0.39, 0.29) is 18.0 Å². The van der Waals surface area contributed by atoms with Gasteiger partial charge in [-0.3, -0.25) is 10.6 Å². The van der Waals surface area contributed by atoms with Gasteiger partial charge in [0.1, 0.15) is 6.04 Å². The van der Waals surface area contributed by atoms with Crippen molar-refractivity contribution in [3.8, 4) is 0 Å². The maximum Gasteiger partial charge on any atom is 0.310 e. The molecule has 1 saturated heterocycles. The number of rotatable bonds is 4. The lowest BCUT2D eigenvalue weighted by atomic mass is 9.94. The highest BCUT2D eigenvalue weighted by atomic mass is 16.3. The summed E-state index contributed by atoms with van der Waals surface area (Å²) in [5.41, 5.74) is 1.22. The average molecular weight is 279 g/mol. The molecule has 4 N–H and O–H groups in total. The molecule has 0 radical (unpaired) electrons. The number of hydrogen-bond donors (Lipinski definition) is 3. The zero-order chi connectivity index (χ0) is 14.4. The maximum atomic E-state index is 12.0. The van der Waals surface area contributed by atoms with Gasteiger partial charge in [0, 0.05) is 12.5 Å². The van der Waals surface area contributed by atoms with Crippen molar-refractivity contribution >= 4 is 5.91 Å². The molecule has 2 unspecified atom stereocenters. The van der Waals surface area contributed by atoms with Gasteiger partial charge in [-0.1, -0.05) is 31.6 Å². The van der Waals surface area contributed by atoms with Crippen molar-refractivity contribution < 1.29 is 15.2 Å². The van der Waals surface area contributed by atoms with Crippen molar-refractivity contribution in [2.24, 2.45) is 0 Å². The van der Waals surface area contributed by atoms with Gasteiger partial charge in [0.05, 0.1) is 6.42 Å². The van der Waals surface area contributed by atoms with Gasteiger partial charge in [0.15, 0.2) is 6.23 Å². The number of aliphatic hydroxyl groups excluding tert-OH is 1. The van der Waals surface area contributed by atoms with Gasteiger partial charge in [-0.05, 0) is 31.3 Å². The topological polar surface area (TPSA) is 65.9 Å². The lowest BCUT2D eigenvalue weighted by Crippen LogP contribution is -2.97. The summed E-state index contributed by atoms with van der Waals surface area (Å²) in [5.74, 6) is 0.178. The molecule has 112 valence electrons. The summed E-state index contributed by atoms with van der Waals surface area (Å²) in [6.45, 7) is 2.13. The minimum Gasteiger partial charge on any atom is -0.372 e. The molecule has 1 aliphatic carbocycles. The van der Waals surface area contributed by atoms with Gasteiger partial charge in [-0.15, -0.1) is 0 Å². The monoisotopic (exact) mass is 279 g/mol. The highest BCUT2D eigenvalue weighted by Crippen LogP contribution is 2.18. The molecule has 1 fully saturated rings. The summed E-state index contributed by atoms with van der Waals surface area (Å²) in [6.07, 6.45) is 12.4. The highest BCUT2D eigenvalue weighted by molar-refractivity contribution is 5.65. The molecule has 1 amide bonds. The average Bonchev–Trinajstić information content (AvgIpc) is 2.47. The van der Waals surface area contributed by atoms with Crippen molar-refractivity contribution in [2.75, 3.05) is 0 Å². The zero-order valence-corrected chi connectivity index (χ0v) is 12.3. The molecule has 0 spiro atoms. The van der Waals surface area contributed by atoms with Crippen LogP contribution in [0.2, 0.25) is 0 Å². The third-order valence-corrected chi connectivity index (χ3v) is 4.17. The molecule has 3 atom stereocenters. The molecule has 0 aromatic carbocycles. The first kappa shape index (κ1) is 15.4. The number of quaternary nitrogens is 1. The molecule has 20 heavy (non-hydrogen) atoms. The van der Waals surface area contributed by atoms with E-state index < -0.39 is 6.23 Å². The quantitative estimate of drug-likeness (QED) is 0.719. The summed E-state index contributed by atoms with van der Waals surface area (Å²) in [7, 11) is 0. The first-order chi connectivity index (χ1) is 9.70. The van der Waals surface area contributed by atoms with E-state index in [4.69, 9.17) is 0 Å². The Kier molecular flexibility index (Phi) is 5.95. The Hall–Kier alpha value is -0.970. The molecule has 4 heteroatoms. The number of primary amides is 1. The van der Waals surface area contributed by atoms with Crippen LogP contribution in [0.4, 0.5) is 0 Å². The summed E-state index contributed by atoms with van der Waals surface area (Å²) in [4.78, 5) is 12.0. The second kappa shape index (κ2) is 7.72. The van der Waals surface area contributed by atoms with Crippen LogP contribution in [0.25, 0.3) is 0 Å². The Morgan fingerprint density at radius 3 is 3.00 bits per heavy atom. The number of unbranched alkanes of at least 4 members (excludes halogenated alkanes) is 1. The molecule has 0 bridgehead atoms. The number of carbonyl (C=O) groups is 1. The third-order valence-electron chi connectivity index (χ3n) is 4.17. The standard InChI is InChI=1S/C16H26N2O2/c1-2-3-9-14-16(20)18-13(10-11-15(19)17-14)12-7-5-4-6-8-12/h5,7-8,13-14,16,18,20H,2-4,6,9-11H2,1H3,(H,17,19)/p+1/t13?,14-,16?/m0/s1. The van der Waals surface area contributed by atoms with E-state index in [2.05, 4.69) is 30.5 Å². The van der Waals surface area contributed by atoms with Gasteiger partial charge in [-0.2, -0.15) is 0 Å². The summed E-state index contributed by atoms with van der Waals surface area (Å²) < 4.78 is 0. The van der Waals surface area contributed by atoms with Crippen LogP contribution in [0.15, 0.2) is 23.8 Å². The van der Waals surface area contributed by atoms with E-state index >= 15 is 0 Å². The van der Waals surface area contributed by atoms with Crippen LogP contribution in [0.3, 0.4) is 0 Å². The number of amides is 1. The van der Waals surface area contributed by atoms with E-state index in [0.717, 1.165) is 38.5 Å². The number of allylic oxidation sites excluding steroid dienone is 2. The largest absolute Gasteiger partial charge is 0.372 e. The predicted molar refractivity (Wildman–Crippen MR) is 78.9 cm³/mol. The summed E-state index contributed by atoms with van der Waals surface area (Å²) in [5, 5.41) is 15.4. The van der Waals surface area contributed by atoms with Gasteiger partial charge in [0.2, 0.25) is 0 Å². The molecule has 0 aromatic rings. The van der Waals surface area contributed by atoms with Gasteiger partial charge in [0.25, 0.3) is 0 Å². The Morgan fingerprint density at radius 1 is 1.45 bits per heavy atom. The lowest BCUT2D eigenvalue weighted by molar-refractivity contribution is -0.618. The number of hydrogen-bond acceptors (Lipinski definition) is 3. The van der Waals surface area contributed by atoms with E-state index in [1.165, 1.54) is 5.57 Å². The first-order valence-electron chi connectivity index (χ1n) is 7.89. The van der Waals surface area contributed by atoms with Crippen LogP contribution < -0.4 is 10.6 Å². The maximum absolute atomic E-state index is 12.0. The smallest absolute Gasteiger partial charge is 0.310 e. The third kappa shape index (κ3) is 4.27. The number of aliphatic hydroxyl groups is 1. The molecular formula is C16H27N2O2+. The number of nitrogens with two attached hydrogens (primary N) is 1. The summed E-state index contributed by atoms with van der Waals surface area (Å²) in [6, 6.07) is 0.0433. The van der Waals surface area contributed by atoms with E-state index in [0.29, 0.717) is 6.42 Å². The summed E-state index contributed by atoms with van der Waals surface area (Å²) >= 11 is 0. The van der Waals surface area contributed by atoms with E-state index in [1.54, 1.807) is 5.32 Å². The van der Waals surface area contributed by atoms with Gasteiger partial charge in [-0.25, -0.2) is 4.79 Å². The molecule has 1 aliphatic heterocycles. The zero-order valence-electron chi connectivity index (χ0n) is 12.3. The molecule has 0 saturated carbocycles. The van der Waals surface area contributed by atoms with Crippen LogP contribution >= 0.6 is 0 Å². The number of carbonyl (C=O) groups excluding carboxylic acids is 1. The van der Waals surface area contributed by atoms with Crippen LogP contribution in [0.5, 0.6) is 0 Å². The van der Waals surface area contributed by atoms with Crippen molar-refractivity contribution in [1.29, 1.82) is 0 Å². The van der Waals surface area contributed by atoms with Gasteiger partial charge >= 0.3 is 5.91 Å². The second-order valence-corrected chi connectivity index (χ2v) is 5.83. The van der Waals surface area contributed by atoms with E-state index in [1.807, 2.05) is 0 Å². The molecule has 2 rings (SSSR count). The normalized spacial score (nSPS) is 31.6. The van der Waals surface area contributed by atoms with Crippen molar-refractivity contribution in [3.05, 3.63) is 23.8 Å². The van der Waals surface area contributed by atoms with Crippen LogP contribution in [0, 0.1) is 0 Å². The molecule has 0 aromatic heterocycles. The lowest BCUT2D eigenvalue weighted by Gasteiger charge is -2.30. The Labute approximate surface area is 121 Å². The van der Waals surface area contributed by atoms with Gasteiger partial charge < -0.3 is 5.11 Å². The SMILES string of the molecule is CCCC[C@@H]1[NH2+]C(=O)CCC(C2=CCCC=C2)NC1O. The molecule has 4 nitrogen and oxygen atoms in total. The van der Waals surface area contributed by atoms with Crippen molar-refractivity contribution in [3.63, 3.8) is 0 Å². The van der Waals surface area contributed by atoms with Crippen molar-refractivity contribution in [1.82, 2.24) is 5.32 Å². The first-order valence-corrected chi connectivity index (χ1v) is 7.89. The van der Waals surface area contributed by atoms with E-state index in [9.17, 15) is 9.90 Å². The number of nitrogens with one attached hydrogen (secondary N) is 1. The molecule has 1 heterocycles. The predicted octanol–water partition coefficient (Wildman–Crippen LogP) is 0.982. The fourth-order valence-corrected chi connectivity index (χ4v) is 2.95. The second-order valence-electron chi connectivity index (χ2n) is 5.83. The molecule has 2 aliphatic rings.